The van der Waals surface area contributed by atoms with Crippen LogP contribution in [-0.4, -0.2) is 30.5 Å². The summed E-state index contributed by atoms with van der Waals surface area (Å²) in [7, 11) is -4.70. The molecule has 1 aliphatic heterocycles. The molecule has 0 saturated heterocycles. The Morgan fingerprint density at radius 1 is 1.15 bits per heavy atom. The molecular weight excluding hydrogens is 358 g/mol. The van der Waals surface area contributed by atoms with Gasteiger partial charge >= 0.3 is 0 Å². The van der Waals surface area contributed by atoms with E-state index in [2.05, 4.69) is 10.4 Å². The van der Waals surface area contributed by atoms with Crippen LogP contribution >= 0.6 is 0 Å². The molecule has 2 aromatic carbocycles. The number of rotatable bonds is 4. The van der Waals surface area contributed by atoms with Gasteiger partial charge in [-0.1, -0.05) is 24.3 Å². The number of nitrogens with one attached hydrogen (secondary N) is 1. The highest BCUT2D eigenvalue weighted by atomic mass is 32.2. The summed E-state index contributed by atoms with van der Waals surface area (Å²) in [4.78, 5) is 24.3. The van der Waals surface area contributed by atoms with Crippen LogP contribution in [-0.2, 0) is 14.9 Å². The van der Waals surface area contributed by atoms with Crippen LogP contribution in [0.2, 0.25) is 0 Å². The van der Waals surface area contributed by atoms with E-state index in [0.29, 0.717) is 11.4 Å². The average Bonchev–Trinajstić information content (AvgIpc) is 2.92. The second-order valence-corrected chi connectivity index (χ2v) is 7.05. The molecule has 134 valence electrons. The lowest BCUT2D eigenvalue weighted by atomic mass is 10.1. The third-order valence-corrected chi connectivity index (χ3v) is 4.58. The van der Waals surface area contributed by atoms with Gasteiger partial charge in [0.15, 0.2) is 0 Å². The van der Waals surface area contributed by atoms with E-state index in [-0.39, 0.29) is 17.7 Å². The van der Waals surface area contributed by atoms with Crippen molar-refractivity contribution in [1.82, 2.24) is 0 Å². The number of carbonyl (C=O) groups is 2. The van der Waals surface area contributed by atoms with Gasteiger partial charge in [-0.15, -0.1) is 0 Å². The number of amides is 2. The summed E-state index contributed by atoms with van der Waals surface area (Å²) in [6.07, 6.45) is 0.0653. The van der Waals surface area contributed by atoms with Crippen molar-refractivity contribution in [3.05, 3.63) is 54.1 Å². The lowest BCUT2D eigenvalue weighted by Crippen LogP contribution is -2.25. The molecule has 0 radical (unpaired) electrons. The second-order valence-electron chi connectivity index (χ2n) is 5.66. The van der Waals surface area contributed by atoms with E-state index in [1.165, 1.54) is 12.1 Å². The molecule has 0 atom stereocenters. The lowest BCUT2D eigenvalue weighted by molar-refractivity contribution is -0.116. The van der Waals surface area contributed by atoms with Gasteiger partial charge in [0.25, 0.3) is 21.9 Å². The molecule has 0 spiro atoms. The number of anilines is 2. The van der Waals surface area contributed by atoms with Gasteiger partial charge in [-0.05, 0) is 31.2 Å². The van der Waals surface area contributed by atoms with Gasteiger partial charge in [0.2, 0.25) is 0 Å². The molecule has 2 aromatic rings. The molecule has 0 aliphatic carbocycles. The molecule has 0 bridgehead atoms. The predicted octanol–water partition coefficient (Wildman–Crippen LogP) is 2.30. The van der Waals surface area contributed by atoms with Gasteiger partial charge in [-0.3, -0.25) is 14.1 Å². The minimum absolute atomic E-state index is 0.0181. The number of carbonyl (C=O) groups excluding carboxylic acids is 2. The quantitative estimate of drug-likeness (QED) is 0.798. The highest BCUT2D eigenvalue weighted by molar-refractivity contribution is 7.86. The summed E-state index contributed by atoms with van der Waals surface area (Å²) in [6, 6.07) is 12.2. The van der Waals surface area contributed by atoms with Gasteiger partial charge in [0.1, 0.15) is 4.90 Å². The van der Waals surface area contributed by atoms with E-state index in [0.717, 1.165) is 11.1 Å². The molecule has 8 nitrogen and oxygen atoms in total. The van der Waals surface area contributed by atoms with E-state index in [9.17, 15) is 22.6 Å². The Morgan fingerprint density at radius 3 is 2.42 bits per heavy atom. The van der Waals surface area contributed by atoms with Crippen molar-refractivity contribution >= 4 is 39.0 Å². The van der Waals surface area contributed by atoms with E-state index in [1.54, 1.807) is 37.3 Å². The minimum atomic E-state index is -4.70. The van der Waals surface area contributed by atoms with Crippen LogP contribution in [0.25, 0.3) is 0 Å². The molecule has 2 amide bonds. The number of hydrazone groups is 1. The molecule has 1 aliphatic rings. The first-order valence-corrected chi connectivity index (χ1v) is 9.05. The number of nitrogens with zero attached hydrogens (tertiary/aromatic N) is 2. The van der Waals surface area contributed by atoms with E-state index < -0.39 is 26.8 Å². The summed E-state index contributed by atoms with van der Waals surface area (Å²) < 4.78 is 33.0. The third-order valence-electron chi connectivity index (χ3n) is 3.68. The van der Waals surface area contributed by atoms with Crippen LogP contribution in [0.4, 0.5) is 11.4 Å². The Kier molecular flexibility index (Phi) is 4.58. The minimum Gasteiger partial charge on any atom is -0.322 e. The Morgan fingerprint density at radius 2 is 1.85 bits per heavy atom. The van der Waals surface area contributed by atoms with Crippen molar-refractivity contribution < 1.29 is 22.6 Å². The maximum absolute atomic E-state index is 12.8. The molecule has 0 aromatic heterocycles. The highest BCUT2D eigenvalue weighted by Gasteiger charge is 2.31. The normalized spacial score (nSPS) is 14.3. The highest BCUT2D eigenvalue weighted by Crippen LogP contribution is 2.30. The van der Waals surface area contributed by atoms with Crippen LogP contribution in [0.15, 0.2) is 58.5 Å². The molecule has 9 heteroatoms. The number of para-hydroxylation sites is 1. The molecule has 0 saturated carbocycles. The molecular formula is C17H15N3O5S. The summed E-state index contributed by atoms with van der Waals surface area (Å²) >= 11 is 0. The summed E-state index contributed by atoms with van der Waals surface area (Å²) in [6.45, 7) is 1.65. The fraction of sp³-hybridized carbons (Fsp3) is 0.118. The summed E-state index contributed by atoms with van der Waals surface area (Å²) in [5, 5.41) is 7.59. The largest absolute Gasteiger partial charge is 0.322 e. The van der Waals surface area contributed by atoms with Crippen molar-refractivity contribution in [2.45, 2.75) is 18.2 Å². The van der Waals surface area contributed by atoms with Crippen LogP contribution < -0.4 is 10.3 Å². The van der Waals surface area contributed by atoms with Crippen molar-refractivity contribution in [3.8, 4) is 0 Å². The monoisotopic (exact) mass is 373 g/mol. The van der Waals surface area contributed by atoms with Crippen LogP contribution in [0.5, 0.6) is 0 Å². The third kappa shape index (κ3) is 3.48. The lowest BCUT2D eigenvalue weighted by Gasteiger charge is -2.18. The van der Waals surface area contributed by atoms with Gasteiger partial charge in [-0.25, -0.2) is 0 Å². The fourth-order valence-corrected chi connectivity index (χ4v) is 3.30. The summed E-state index contributed by atoms with van der Waals surface area (Å²) in [5.41, 5.74) is 0.587. The number of hydrogen-bond donors (Lipinski definition) is 2. The van der Waals surface area contributed by atoms with Crippen LogP contribution in [0.1, 0.15) is 23.7 Å². The Balaban J connectivity index is 2.14. The molecule has 2 N–H and O–H groups in total. The van der Waals surface area contributed by atoms with Crippen LogP contribution in [0, 0.1) is 0 Å². The maximum Gasteiger partial charge on any atom is 0.295 e. The van der Waals surface area contributed by atoms with Crippen molar-refractivity contribution in [2.75, 3.05) is 10.3 Å². The van der Waals surface area contributed by atoms with Gasteiger partial charge in [0, 0.05) is 11.4 Å². The van der Waals surface area contributed by atoms with Gasteiger partial charge in [0.05, 0.1) is 17.7 Å². The first kappa shape index (κ1) is 17.8. The summed E-state index contributed by atoms with van der Waals surface area (Å²) in [5.74, 6) is -1.18. The van der Waals surface area contributed by atoms with E-state index in [4.69, 9.17) is 0 Å². The molecule has 26 heavy (non-hydrogen) atoms. The van der Waals surface area contributed by atoms with Gasteiger partial charge < -0.3 is 5.32 Å². The maximum atomic E-state index is 12.8. The average molecular weight is 373 g/mol. The zero-order valence-electron chi connectivity index (χ0n) is 13.7. The van der Waals surface area contributed by atoms with Gasteiger partial charge in [-0.2, -0.15) is 18.5 Å². The fourth-order valence-electron chi connectivity index (χ4n) is 2.60. The SMILES string of the molecule is CC1=NN(c2cccc(S(=O)(=O)O)c2C(=O)Nc2ccccc2)C(=O)C1. The van der Waals surface area contributed by atoms with Crippen molar-refractivity contribution in [1.29, 1.82) is 0 Å². The zero-order chi connectivity index (χ0) is 18.9. The number of benzene rings is 2. The topological polar surface area (TPSA) is 116 Å². The van der Waals surface area contributed by atoms with Crippen molar-refractivity contribution in [3.63, 3.8) is 0 Å². The first-order valence-electron chi connectivity index (χ1n) is 7.61. The predicted molar refractivity (Wildman–Crippen MR) is 95.9 cm³/mol. The Labute approximate surface area is 149 Å². The molecule has 0 unspecified atom stereocenters. The van der Waals surface area contributed by atoms with E-state index >= 15 is 0 Å². The standard InChI is InChI=1S/C17H15N3O5S/c1-11-10-15(21)20(19-11)13-8-5-9-14(26(23,24)25)16(13)17(22)18-12-6-3-2-4-7-12/h2-9H,10H2,1H3,(H,18,22)(H,23,24,25). The molecule has 3 rings (SSSR count). The second kappa shape index (κ2) is 6.70. The number of hydrogen-bond acceptors (Lipinski definition) is 5. The molecule has 1 heterocycles. The Bertz CT molecular complexity index is 1020. The first-order chi connectivity index (χ1) is 12.3. The smallest absolute Gasteiger partial charge is 0.295 e. The zero-order valence-corrected chi connectivity index (χ0v) is 14.5. The van der Waals surface area contributed by atoms with Crippen molar-refractivity contribution in [2.24, 2.45) is 5.10 Å². The van der Waals surface area contributed by atoms with Crippen LogP contribution in [0.3, 0.4) is 0 Å². The van der Waals surface area contributed by atoms with E-state index in [1.807, 2.05) is 0 Å². The Hall–Kier alpha value is -3.04. The molecule has 0 fully saturated rings.